The highest BCUT2D eigenvalue weighted by Crippen LogP contribution is 2.22. The number of nitrogens with one attached hydrogen (secondary N) is 1. The molecule has 0 bridgehead atoms. The summed E-state index contributed by atoms with van der Waals surface area (Å²) in [7, 11) is 0. The molecule has 5 heteroatoms. The van der Waals surface area contributed by atoms with Gasteiger partial charge in [0.05, 0.1) is 16.4 Å². The Morgan fingerprint density at radius 1 is 1.18 bits per heavy atom. The van der Waals surface area contributed by atoms with Crippen molar-refractivity contribution in [3.63, 3.8) is 0 Å². The fourth-order valence-corrected chi connectivity index (χ4v) is 1.88. The third kappa shape index (κ3) is 1.32. The third-order valence-corrected chi connectivity index (χ3v) is 2.63. The summed E-state index contributed by atoms with van der Waals surface area (Å²) in [4.78, 5) is 18.2. The predicted octanol–water partition coefficient (Wildman–Crippen LogP) is 2.35. The zero-order valence-electron chi connectivity index (χ0n) is 8.50. The van der Waals surface area contributed by atoms with Crippen molar-refractivity contribution < 1.29 is 8.78 Å². The lowest BCUT2D eigenvalue weighted by atomic mass is 10.1. The number of nitrogens with zero attached hydrogens (tertiary/aromatic N) is 1. The summed E-state index contributed by atoms with van der Waals surface area (Å²) in [5.41, 5.74) is 0.287. The van der Waals surface area contributed by atoms with Gasteiger partial charge in [0, 0.05) is 11.6 Å². The van der Waals surface area contributed by atoms with Crippen LogP contribution in [0.5, 0.6) is 0 Å². The Hall–Kier alpha value is -2.30. The van der Waals surface area contributed by atoms with Crippen molar-refractivity contribution in [1.29, 1.82) is 0 Å². The normalized spacial score (nSPS) is 11.2. The van der Waals surface area contributed by atoms with Crippen molar-refractivity contribution in [1.82, 2.24) is 9.97 Å². The van der Waals surface area contributed by atoms with Gasteiger partial charge in [-0.3, -0.25) is 9.78 Å². The molecule has 0 fully saturated rings. The van der Waals surface area contributed by atoms with Gasteiger partial charge in [0.15, 0.2) is 11.6 Å². The van der Waals surface area contributed by atoms with Crippen LogP contribution in [0.4, 0.5) is 8.78 Å². The van der Waals surface area contributed by atoms with Gasteiger partial charge in [0.1, 0.15) is 0 Å². The molecular weight excluding hydrogens is 226 g/mol. The summed E-state index contributed by atoms with van der Waals surface area (Å²) in [6.45, 7) is 0. The molecule has 0 aliphatic carbocycles. The van der Waals surface area contributed by atoms with Gasteiger partial charge in [-0.2, -0.15) is 0 Å². The van der Waals surface area contributed by atoms with Crippen molar-refractivity contribution in [3.05, 3.63) is 52.5 Å². The van der Waals surface area contributed by atoms with Crippen molar-refractivity contribution in [2.24, 2.45) is 0 Å². The summed E-state index contributed by atoms with van der Waals surface area (Å²) >= 11 is 0. The van der Waals surface area contributed by atoms with Gasteiger partial charge in [-0.15, -0.1) is 0 Å². The summed E-state index contributed by atoms with van der Waals surface area (Å²) in [6.07, 6.45) is 1.53. The van der Waals surface area contributed by atoms with E-state index in [1.165, 1.54) is 12.3 Å². The fourth-order valence-electron chi connectivity index (χ4n) is 1.88. The molecule has 3 nitrogen and oxygen atoms in total. The second kappa shape index (κ2) is 3.35. The number of hydrogen-bond donors (Lipinski definition) is 1. The minimum Gasteiger partial charge on any atom is -0.320 e. The zero-order chi connectivity index (χ0) is 12.0. The van der Waals surface area contributed by atoms with Crippen molar-refractivity contribution >= 4 is 21.8 Å². The Morgan fingerprint density at radius 2 is 2.00 bits per heavy atom. The number of aromatic nitrogens is 2. The molecule has 0 amide bonds. The van der Waals surface area contributed by atoms with Crippen LogP contribution < -0.4 is 5.56 Å². The average molecular weight is 232 g/mol. The zero-order valence-corrected chi connectivity index (χ0v) is 8.50. The Bertz CT molecular complexity index is 795. The van der Waals surface area contributed by atoms with E-state index in [4.69, 9.17) is 0 Å². The first kappa shape index (κ1) is 9.89. The summed E-state index contributed by atoms with van der Waals surface area (Å²) in [6, 6.07) is 5.66. The van der Waals surface area contributed by atoms with Crippen LogP contribution in [-0.4, -0.2) is 9.97 Å². The summed E-state index contributed by atoms with van der Waals surface area (Å²) < 4.78 is 26.6. The lowest BCUT2D eigenvalue weighted by molar-refractivity contribution is 0.516. The smallest absolute Gasteiger partial charge is 0.259 e. The van der Waals surface area contributed by atoms with E-state index in [1.807, 2.05) is 0 Å². The maximum Gasteiger partial charge on any atom is 0.259 e. The number of rotatable bonds is 0. The molecule has 3 aromatic rings. The van der Waals surface area contributed by atoms with E-state index in [2.05, 4.69) is 9.97 Å². The van der Waals surface area contributed by atoms with Crippen molar-refractivity contribution in [2.75, 3.05) is 0 Å². The number of benzene rings is 1. The Morgan fingerprint density at radius 3 is 2.82 bits per heavy atom. The Kier molecular flexibility index (Phi) is 1.95. The highest BCUT2D eigenvalue weighted by atomic mass is 19.2. The van der Waals surface area contributed by atoms with Crippen LogP contribution in [0.2, 0.25) is 0 Å². The third-order valence-electron chi connectivity index (χ3n) is 2.63. The highest BCUT2D eigenvalue weighted by molar-refractivity contribution is 6.02. The summed E-state index contributed by atoms with van der Waals surface area (Å²) in [5, 5.41) is 0.0134. The number of halogens is 2. The molecule has 0 aliphatic rings. The van der Waals surface area contributed by atoms with E-state index in [1.54, 1.807) is 12.1 Å². The van der Waals surface area contributed by atoms with Gasteiger partial charge in [0.25, 0.3) is 5.56 Å². The molecule has 0 unspecified atom stereocenters. The molecule has 0 radical (unpaired) electrons. The topological polar surface area (TPSA) is 45.8 Å². The number of pyridine rings is 2. The molecule has 1 aromatic carbocycles. The van der Waals surface area contributed by atoms with Gasteiger partial charge in [-0.25, -0.2) is 8.78 Å². The first-order chi connectivity index (χ1) is 8.18. The lowest BCUT2D eigenvalue weighted by Gasteiger charge is -2.03. The molecule has 0 saturated carbocycles. The molecule has 17 heavy (non-hydrogen) atoms. The van der Waals surface area contributed by atoms with E-state index in [-0.39, 0.29) is 5.39 Å². The minimum absolute atomic E-state index is 0.295. The second-order valence-electron chi connectivity index (χ2n) is 3.64. The first-order valence-corrected chi connectivity index (χ1v) is 4.93. The molecule has 0 atom stereocenters. The number of aromatic amines is 1. The van der Waals surface area contributed by atoms with Crippen molar-refractivity contribution in [2.45, 2.75) is 0 Å². The largest absolute Gasteiger partial charge is 0.320 e. The molecule has 3 rings (SSSR count). The number of hydrogen-bond acceptors (Lipinski definition) is 2. The standard InChI is InChI=1S/C12H6F2N2O/c13-7-4-3-6-9(10(7)14)12(17)16-8-2-1-5-15-11(6)8/h1-5H,(H,16,17). The van der Waals surface area contributed by atoms with Gasteiger partial charge in [-0.05, 0) is 24.3 Å². The van der Waals surface area contributed by atoms with Crippen LogP contribution in [0, 0.1) is 11.6 Å². The van der Waals surface area contributed by atoms with Crippen LogP contribution in [0.25, 0.3) is 21.8 Å². The molecule has 0 aliphatic heterocycles. The molecule has 2 aromatic heterocycles. The van der Waals surface area contributed by atoms with E-state index in [0.717, 1.165) is 6.07 Å². The van der Waals surface area contributed by atoms with Crippen LogP contribution in [-0.2, 0) is 0 Å². The molecule has 0 spiro atoms. The van der Waals surface area contributed by atoms with Crippen LogP contribution in [0.1, 0.15) is 0 Å². The van der Waals surface area contributed by atoms with Gasteiger partial charge >= 0.3 is 0 Å². The second-order valence-corrected chi connectivity index (χ2v) is 3.64. The number of H-pyrrole nitrogens is 1. The monoisotopic (exact) mass is 232 g/mol. The predicted molar refractivity (Wildman–Crippen MR) is 59.8 cm³/mol. The van der Waals surface area contributed by atoms with E-state index in [0.29, 0.717) is 16.4 Å². The molecular formula is C12H6F2N2O. The molecule has 1 N–H and O–H groups in total. The highest BCUT2D eigenvalue weighted by Gasteiger charge is 2.13. The SMILES string of the molecule is O=c1[nH]c2cccnc2c2ccc(F)c(F)c12. The minimum atomic E-state index is -1.14. The van der Waals surface area contributed by atoms with Crippen molar-refractivity contribution in [3.8, 4) is 0 Å². The van der Waals surface area contributed by atoms with Gasteiger partial charge in [-0.1, -0.05) is 0 Å². The summed E-state index contributed by atoms with van der Waals surface area (Å²) in [5.74, 6) is -2.19. The Labute approximate surface area is 93.7 Å². The molecule has 2 heterocycles. The maximum atomic E-state index is 13.6. The van der Waals surface area contributed by atoms with E-state index >= 15 is 0 Å². The quantitative estimate of drug-likeness (QED) is 0.605. The molecule has 84 valence electrons. The van der Waals surface area contributed by atoms with Crippen LogP contribution >= 0.6 is 0 Å². The number of fused-ring (bicyclic) bond motifs is 3. The maximum absolute atomic E-state index is 13.6. The van der Waals surface area contributed by atoms with Gasteiger partial charge in [0.2, 0.25) is 0 Å². The molecule has 0 saturated heterocycles. The van der Waals surface area contributed by atoms with Crippen LogP contribution in [0.3, 0.4) is 0 Å². The average Bonchev–Trinajstić information content (AvgIpc) is 2.33. The lowest BCUT2D eigenvalue weighted by Crippen LogP contribution is -2.09. The van der Waals surface area contributed by atoms with E-state index < -0.39 is 17.2 Å². The van der Waals surface area contributed by atoms with E-state index in [9.17, 15) is 13.6 Å². The van der Waals surface area contributed by atoms with Gasteiger partial charge < -0.3 is 4.98 Å². The Balaban J connectivity index is 2.68. The fraction of sp³-hybridized carbons (Fsp3) is 0. The van der Waals surface area contributed by atoms with Crippen LogP contribution in [0.15, 0.2) is 35.3 Å². The first-order valence-electron chi connectivity index (χ1n) is 4.93.